The topological polar surface area (TPSA) is 62.7 Å². The van der Waals surface area contributed by atoms with Crippen molar-refractivity contribution in [3.05, 3.63) is 68.6 Å². The van der Waals surface area contributed by atoms with Crippen molar-refractivity contribution in [1.29, 1.82) is 5.26 Å². The van der Waals surface area contributed by atoms with Gasteiger partial charge in [0.15, 0.2) is 0 Å². The van der Waals surface area contributed by atoms with E-state index in [4.69, 9.17) is 5.73 Å². The first-order chi connectivity index (χ1) is 11.5. The van der Waals surface area contributed by atoms with Crippen molar-refractivity contribution in [2.45, 2.75) is 6.92 Å². The Kier molecular flexibility index (Phi) is 4.70. The second-order valence-corrected chi connectivity index (χ2v) is 7.18. The van der Waals surface area contributed by atoms with E-state index in [9.17, 15) is 5.26 Å². The lowest BCUT2D eigenvalue weighted by Crippen LogP contribution is -2.03. The van der Waals surface area contributed by atoms with Crippen molar-refractivity contribution in [3.8, 4) is 28.5 Å². The molecular formula is C19H13Br2N3. The van der Waals surface area contributed by atoms with Crippen LogP contribution in [0.25, 0.3) is 22.4 Å². The Hall–Kier alpha value is -2.16. The van der Waals surface area contributed by atoms with Gasteiger partial charge in [0, 0.05) is 20.1 Å². The number of pyridine rings is 1. The van der Waals surface area contributed by atoms with E-state index in [0.29, 0.717) is 5.56 Å². The number of anilines is 1. The molecule has 3 nitrogen and oxygen atoms in total. The number of nitrogens with two attached hydrogens (primary N) is 1. The van der Waals surface area contributed by atoms with Crippen molar-refractivity contribution in [1.82, 2.24) is 4.98 Å². The van der Waals surface area contributed by atoms with Crippen molar-refractivity contribution in [2.75, 3.05) is 5.73 Å². The van der Waals surface area contributed by atoms with Gasteiger partial charge in [-0.25, -0.2) is 4.98 Å². The van der Waals surface area contributed by atoms with Crippen LogP contribution >= 0.6 is 31.9 Å². The first-order valence-corrected chi connectivity index (χ1v) is 8.82. The summed E-state index contributed by atoms with van der Waals surface area (Å²) in [5.41, 5.74) is 11.0. The van der Waals surface area contributed by atoms with Crippen LogP contribution in [0, 0.1) is 18.3 Å². The van der Waals surface area contributed by atoms with Gasteiger partial charge < -0.3 is 5.73 Å². The Morgan fingerprint density at radius 2 is 1.42 bits per heavy atom. The first-order valence-electron chi connectivity index (χ1n) is 7.23. The summed E-state index contributed by atoms with van der Waals surface area (Å²) in [7, 11) is 0. The molecular weight excluding hydrogens is 430 g/mol. The number of aromatic nitrogens is 1. The minimum absolute atomic E-state index is 0.249. The van der Waals surface area contributed by atoms with E-state index in [1.807, 2.05) is 55.5 Å². The standard InChI is InChI=1S/C19H13Br2N3/c1-11-17(12-2-6-14(20)7-3-12)16(10-22)19(23)24-18(11)13-4-8-15(21)9-5-13/h2-9H,1H3,(H2,23,24). The molecule has 0 fully saturated rings. The van der Waals surface area contributed by atoms with E-state index >= 15 is 0 Å². The Morgan fingerprint density at radius 1 is 0.917 bits per heavy atom. The third-order valence-corrected chi connectivity index (χ3v) is 4.89. The van der Waals surface area contributed by atoms with Crippen LogP contribution in [0.3, 0.4) is 0 Å². The van der Waals surface area contributed by atoms with Gasteiger partial charge >= 0.3 is 0 Å². The molecule has 0 atom stereocenters. The van der Waals surface area contributed by atoms with Gasteiger partial charge in [-0.3, -0.25) is 0 Å². The maximum absolute atomic E-state index is 9.55. The fraction of sp³-hybridized carbons (Fsp3) is 0.0526. The number of benzene rings is 2. The molecule has 0 unspecified atom stereocenters. The van der Waals surface area contributed by atoms with Crippen molar-refractivity contribution < 1.29 is 0 Å². The molecule has 0 radical (unpaired) electrons. The predicted molar refractivity (Wildman–Crippen MR) is 104 cm³/mol. The van der Waals surface area contributed by atoms with Crippen molar-refractivity contribution in [2.24, 2.45) is 0 Å². The summed E-state index contributed by atoms with van der Waals surface area (Å²) in [6.45, 7) is 1.97. The number of nitriles is 1. The molecule has 24 heavy (non-hydrogen) atoms. The van der Waals surface area contributed by atoms with Crippen LogP contribution in [0.2, 0.25) is 0 Å². The molecule has 2 N–H and O–H groups in total. The van der Waals surface area contributed by atoms with E-state index in [1.54, 1.807) is 0 Å². The normalized spacial score (nSPS) is 10.4. The summed E-state index contributed by atoms with van der Waals surface area (Å²) in [4.78, 5) is 4.48. The number of nitrogen functional groups attached to an aromatic ring is 1. The monoisotopic (exact) mass is 441 g/mol. The summed E-state index contributed by atoms with van der Waals surface area (Å²) < 4.78 is 1.98. The van der Waals surface area contributed by atoms with Gasteiger partial charge in [-0.2, -0.15) is 5.26 Å². The highest BCUT2D eigenvalue weighted by Crippen LogP contribution is 2.36. The Labute approximate surface area is 157 Å². The number of nitrogens with zero attached hydrogens (tertiary/aromatic N) is 2. The van der Waals surface area contributed by atoms with Crippen LogP contribution in [0.1, 0.15) is 11.1 Å². The lowest BCUT2D eigenvalue weighted by Gasteiger charge is -2.15. The molecule has 0 amide bonds. The summed E-state index contributed by atoms with van der Waals surface area (Å²) in [5.74, 6) is 0.249. The van der Waals surface area contributed by atoms with Crippen molar-refractivity contribution in [3.63, 3.8) is 0 Å². The molecule has 5 heteroatoms. The Bertz CT molecular complexity index is 940. The molecule has 3 aromatic rings. The molecule has 0 saturated heterocycles. The Balaban J connectivity index is 2.29. The molecule has 118 valence electrons. The third-order valence-electron chi connectivity index (χ3n) is 3.83. The molecule has 3 rings (SSSR count). The highest BCUT2D eigenvalue weighted by molar-refractivity contribution is 9.10. The molecule has 1 heterocycles. The van der Waals surface area contributed by atoms with Crippen LogP contribution in [-0.4, -0.2) is 4.98 Å². The molecule has 0 spiro atoms. The lowest BCUT2D eigenvalue weighted by molar-refractivity contribution is 1.26. The fourth-order valence-electron chi connectivity index (χ4n) is 2.67. The summed E-state index contributed by atoms with van der Waals surface area (Å²) >= 11 is 6.88. The minimum Gasteiger partial charge on any atom is -0.383 e. The second-order valence-electron chi connectivity index (χ2n) is 5.35. The zero-order valence-corrected chi connectivity index (χ0v) is 16.0. The highest BCUT2D eigenvalue weighted by atomic mass is 79.9. The van der Waals surface area contributed by atoms with Gasteiger partial charge in [0.1, 0.15) is 17.5 Å². The smallest absolute Gasteiger partial charge is 0.142 e. The maximum atomic E-state index is 9.55. The first kappa shape index (κ1) is 16.7. The zero-order valence-electron chi connectivity index (χ0n) is 12.8. The number of hydrogen-bond acceptors (Lipinski definition) is 3. The quantitative estimate of drug-likeness (QED) is 0.553. The van der Waals surface area contributed by atoms with E-state index in [0.717, 1.165) is 36.9 Å². The van der Waals surface area contributed by atoms with Crippen LogP contribution in [0.5, 0.6) is 0 Å². The summed E-state index contributed by atoms with van der Waals surface area (Å²) in [6.07, 6.45) is 0. The highest BCUT2D eigenvalue weighted by Gasteiger charge is 2.18. The molecule has 0 bridgehead atoms. The van der Waals surface area contributed by atoms with Crippen LogP contribution in [0.15, 0.2) is 57.5 Å². The number of rotatable bonds is 2. The van der Waals surface area contributed by atoms with Crippen LogP contribution in [0.4, 0.5) is 5.82 Å². The van der Waals surface area contributed by atoms with Crippen LogP contribution < -0.4 is 5.73 Å². The Morgan fingerprint density at radius 3 is 1.92 bits per heavy atom. The van der Waals surface area contributed by atoms with Gasteiger partial charge in [0.05, 0.1) is 5.69 Å². The average molecular weight is 443 g/mol. The summed E-state index contributed by atoms with van der Waals surface area (Å²) in [6, 6.07) is 17.9. The second kappa shape index (κ2) is 6.76. The molecule has 0 aliphatic heterocycles. The average Bonchev–Trinajstić information content (AvgIpc) is 2.58. The van der Waals surface area contributed by atoms with E-state index in [2.05, 4.69) is 42.9 Å². The van der Waals surface area contributed by atoms with E-state index < -0.39 is 0 Å². The van der Waals surface area contributed by atoms with E-state index in [-0.39, 0.29) is 5.82 Å². The van der Waals surface area contributed by atoms with E-state index in [1.165, 1.54) is 0 Å². The molecule has 2 aromatic carbocycles. The largest absolute Gasteiger partial charge is 0.383 e. The SMILES string of the molecule is Cc1c(-c2ccc(Br)cc2)nc(N)c(C#N)c1-c1ccc(Br)cc1. The van der Waals surface area contributed by atoms with Gasteiger partial charge in [0.2, 0.25) is 0 Å². The predicted octanol–water partition coefficient (Wildman–Crippen LogP) is 5.70. The maximum Gasteiger partial charge on any atom is 0.142 e. The molecule has 1 aromatic heterocycles. The lowest BCUT2D eigenvalue weighted by atomic mass is 9.93. The molecule has 0 aliphatic rings. The molecule has 0 aliphatic carbocycles. The van der Waals surface area contributed by atoms with Gasteiger partial charge in [0.25, 0.3) is 0 Å². The third kappa shape index (κ3) is 3.08. The van der Waals surface area contributed by atoms with Gasteiger partial charge in [-0.1, -0.05) is 56.1 Å². The summed E-state index contributed by atoms with van der Waals surface area (Å²) in [5, 5.41) is 9.55. The van der Waals surface area contributed by atoms with Gasteiger partial charge in [-0.05, 0) is 42.3 Å². The zero-order chi connectivity index (χ0) is 17.3. The molecule has 0 saturated carbocycles. The fourth-order valence-corrected chi connectivity index (χ4v) is 3.20. The van der Waals surface area contributed by atoms with Crippen LogP contribution in [-0.2, 0) is 0 Å². The number of halogens is 2. The van der Waals surface area contributed by atoms with Gasteiger partial charge in [-0.15, -0.1) is 0 Å². The minimum atomic E-state index is 0.249. The van der Waals surface area contributed by atoms with Crippen molar-refractivity contribution >= 4 is 37.7 Å². The number of hydrogen-bond donors (Lipinski definition) is 1.